The molecule has 1 N–H and O–H groups in total. The third-order valence-corrected chi connectivity index (χ3v) is 5.17. The number of rotatable bonds is 5. The second-order valence-electron chi connectivity index (χ2n) is 6.83. The third-order valence-electron chi connectivity index (χ3n) is 4.11. The van der Waals surface area contributed by atoms with Crippen molar-refractivity contribution in [1.29, 1.82) is 0 Å². The molecule has 2 amide bonds. The molecule has 1 aliphatic rings. The fourth-order valence-electron chi connectivity index (χ4n) is 2.72. The van der Waals surface area contributed by atoms with Crippen LogP contribution in [0.4, 0.5) is 0 Å². The standard InChI is InChI=1S/C17H27N3O2S/c1-11(2)15(21)18-8-14-10-23-16(19-14)13-6-5-7-20(9-13)17(22)12(3)4/h10-13H,5-9H2,1-4H3,(H,18,21)/t13-/m0/s1. The molecule has 1 fully saturated rings. The van der Waals surface area contributed by atoms with Crippen molar-refractivity contribution in [2.75, 3.05) is 13.1 Å². The highest BCUT2D eigenvalue weighted by Crippen LogP contribution is 2.29. The summed E-state index contributed by atoms with van der Waals surface area (Å²) in [6.45, 7) is 9.76. The summed E-state index contributed by atoms with van der Waals surface area (Å²) in [5.41, 5.74) is 0.909. The smallest absolute Gasteiger partial charge is 0.225 e. The topological polar surface area (TPSA) is 62.3 Å². The number of hydrogen-bond acceptors (Lipinski definition) is 4. The van der Waals surface area contributed by atoms with E-state index in [0.29, 0.717) is 12.5 Å². The quantitative estimate of drug-likeness (QED) is 0.898. The maximum atomic E-state index is 12.2. The Balaban J connectivity index is 1.94. The van der Waals surface area contributed by atoms with E-state index in [-0.39, 0.29) is 23.7 Å². The van der Waals surface area contributed by atoms with Gasteiger partial charge in [-0.2, -0.15) is 0 Å². The Hall–Kier alpha value is -1.43. The van der Waals surface area contributed by atoms with Crippen LogP contribution in [0, 0.1) is 11.8 Å². The van der Waals surface area contributed by atoms with Crippen molar-refractivity contribution in [3.63, 3.8) is 0 Å². The van der Waals surface area contributed by atoms with Gasteiger partial charge in [-0.15, -0.1) is 11.3 Å². The molecular formula is C17H27N3O2S. The first kappa shape index (κ1) is 17.9. The zero-order valence-corrected chi connectivity index (χ0v) is 15.3. The third kappa shape index (κ3) is 4.77. The number of carbonyl (C=O) groups is 2. The second kappa shape index (κ2) is 7.90. The van der Waals surface area contributed by atoms with Crippen molar-refractivity contribution in [1.82, 2.24) is 15.2 Å². The first-order valence-electron chi connectivity index (χ1n) is 8.39. The number of likely N-dealkylation sites (tertiary alicyclic amines) is 1. The summed E-state index contributed by atoms with van der Waals surface area (Å²) in [4.78, 5) is 30.5. The summed E-state index contributed by atoms with van der Waals surface area (Å²) in [5, 5.41) is 5.99. The summed E-state index contributed by atoms with van der Waals surface area (Å²) in [5.74, 6) is 0.640. The summed E-state index contributed by atoms with van der Waals surface area (Å²) in [6.07, 6.45) is 2.11. The van der Waals surface area contributed by atoms with Gasteiger partial charge in [0.05, 0.1) is 17.2 Å². The van der Waals surface area contributed by atoms with Crippen LogP contribution in [0.5, 0.6) is 0 Å². The Morgan fingerprint density at radius 1 is 1.35 bits per heavy atom. The van der Waals surface area contributed by atoms with E-state index in [1.54, 1.807) is 11.3 Å². The number of amides is 2. The van der Waals surface area contributed by atoms with E-state index >= 15 is 0 Å². The van der Waals surface area contributed by atoms with Crippen molar-refractivity contribution >= 4 is 23.2 Å². The SMILES string of the molecule is CC(C)C(=O)NCc1csc([C@H]2CCCN(C(=O)C(C)C)C2)n1. The van der Waals surface area contributed by atoms with Gasteiger partial charge in [-0.25, -0.2) is 4.98 Å². The lowest BCUT2D eigenvalue weighted by molar-refractivity contribution is -0.135. The fourth-order valence-corrected chi connectivity index (χ4v) is 3.66. The number of hydrogen-bond donors (Lipinski definition) is 1. The van der Waals surface area contributed by atoms with Crippen molar-refractivity contribution in [3.05, 3.63) is 16.1 Å². The Kier molecular flexibility index (Phi) is 6.16. The van der Waals surface area contributed by atoms with E-state index in [2.05, 4.69) is 10.3 Å². The van der Waals surface area contributed by atoms with Gasteiger partial charge in [0.15, 0.2) is 0 Å². The summed E-state index contributed by atoms with van der Waals surface area (Å²) >= 11 is 1.64. The molecule has 0 bridgehead atoms. The van der Waals surface area contributed by atoms with Crippen LogP contribution < -0.4 is 5.32 Å². The van der Waals surface area contributed by atoms with Crippen LogP contribution in [0.3, 0.4) is 0 Å². The zero-order valence-electron chi connectivity index (χ0n) is 14.5. The average molecular weight is 337 g/mol. The molecule has 0 spiro atoms. The molecule has 2 heterocycles. The highest BCUT2D eigenvalue weighted by Gasteiger charge is 2.27. The maximum absolute atomic E-state index is 12.2. The Bertz CT molecular complexity index is 554. The monoisotopic (exact) mass is 337 g/mol. The van der Waals surface area contributed by atoms with E-state index in [1.807, 2.05) is 38.0 Å². The molecule has 5 nitrogen and oxygen atoms in total. The molecule has 0 aromatic carbocycles. The number of nitrogens with zero attached hydrogens (tertiary/aromatic N) is 2. The summed E-state index contributed by atoms with van der Waals surface area (Å²) in [6, 6.07) is 0. The molecule has 0 aliphatic carbocycles. The van der Waals surface area contributed by atoms with Gasteiger partial charge in [0, 0.05) is 36.2 Å². The number of nitrogens with one attached hydrogen (secondary N) is 1. The number of aromatic nitrogens is 1. The molecule has 23 heavy (non-hydrogen) atoms. The molecular weight excluding hydrogens is 310 g/mol. The van der Waals surface area contributed by atoms with Gasteiger partial charge < -0.3 is 10.2 Å². The van der Waals surface area contributed by atoms with Gasteiger partial charge in [0.25, 0.3) is 0 Å². The highest BCUT2D eigenvalue weighted by molar-refractivity contribution is 7.09. The van der Waals surface area contributed by atoms with Crippen LogP contribution in [0.15, 0.2) is 5.38 Å². The molecule has 1 aromatic rings. The predicted octanol–water partition coefficient (Wildman–Crippen LogP) is 2.78. The van der Waals surface area contributed by atoms with Crippen LogP contribution in [-0.2, 0) is 16.1 Å². The van der Waals surface area contributed by atoms with Gasteiger partial charge in [-0.3, -0.25) is 9.59 Å². The maximum Gasteiger partial charge on any atom is 0.225 e. The molecule has 0 radical (unpaired) electrons. The van der Waals surface area contributed by atoms with E-state index in [9.17, 15) is 9.59 Å². The summed E-state index contributed by atoms with van der Waals surface area (Å²) in [7, 11) is 0. The predicted molar refractivity (Wildman–Crippen MR) is 92.2 cm³/mol. The van der Waals surface area contributed by atoms with Crippen LogP contribution in [-0.4, -0.2) is 34.8 Å². The van der Waals surface area contributed by atoms with Gasteiger partial charge in [-0.05, 0) is 12.8 Å². The molecule has 1 aliphatic heterocycles. The largest absolute Gasteiger partial charge is 0.350 e. The molecule has 1 atom stereocenters. The number of carbonyl (C=O) groups excluding carboxylic acids is 2. The first-order chi connectivity index (χ1) is 10.9. The van der Waals surface area contributed by atoms with Crippen molar-refractivity contribution in [2.45, 2.75) is 53.0 Å². The normalized spacial score (nSPS) is 18.5. The molecule has 0 unspecified atom stereocenters. The lowest BCUT2D eigenvalue weighted by Crippen LogP contribution is -2.41. The minimum atomic E-state index is -0.0120. The van der Waals surface area contributed by atoms with Crippen molar-refractivity contribution in [2.24, 2.45) is 11.8 Å². The van der Waals surface area contributed by atoms with Crippen LogP contribution in [0.25, 0.3) is 0 Å². The first-order valence-corrected chi connectivity index (χ1v) is 9.27. The number of thiazole rings is 1. The van der Waals surface area contributed by atoms with Gasteiger partial charge >= 0.3 is 0 Å². The second-order valence-corrected chi connectivity index (χ2v) is 7.72. The molecule has 0 saturated carbocycles. The Morgan fingerprint density at radius 3 is 2.74 bits per heavy atom. The molecule has 1 saturated heterocycles. The highest BCUT2D eigenvalue weighted by atomic mass is 32.1. The molecule has 2 rings (SSSR count). The summed E-state index contributed by atoms with van der Waals surface area (Å²) < 4.78 is 0. The Morgan fingerprint density at radius 2 is 2.09 bits per heavy atom. The van der Waals surface area contributed by atoms with E-state index in [0.717, 1.165) is 36.6 Å². The Labute approximate surface area is 142 Å². The van der Waals surface area contributed by atoms with Crippen molar-refractivity contribution in [3.8, 4) is 0 Å². The van der Waals surface area contributed by atoms with Crippen molar-refractivity contribution < 1.29 is 9.59 Å². The van der Waals surface area contributed by atoms with Crippen LogP contribution in [0.1, 0.15) is 57.2 Å². The fraction of sp³-hybridized carbons (Fsp3) is 0.706. The van der Waals surface area contributed by atoms with Gasteiger partial charge in [0.1, 0.15) is 0 Å². The van der Waals surface area contributed by atoms with Crippen LogP contribution >= 0.6 is 11.3 Å². The van der Waals surface area contributed by atoms with E-state index in [1.165, 1.54) is 0 Å². The molecule has 6 heteroatoms. The lowest BCUT2D eigenvalue weighted by atomic mass is 9.97. The average Bonchev–Trinajstić information content (AvgIpc) is 3.00. The number of piperidine rings is 1. The van der Waals surface area contributed by atoms with Crippen LogP contribution in [0.2, 0.25) is 0 Å². The minimum Gasteiger partial charge on any atom is -0.350 e. The molecule has 128 valence electrons. The van der Waals surface area contributed by atoms with E-state index < -0.39 is 0 Å². The van der Waals surface area contributed by atoms with E-state index in [4.69, 9.17) is 0 Å². The lowest BCUT2D eigenvalue weighted by Gasteiger charge is -2.33. The van der Waals surface area contributed by atoms with Gasteiger partial charge in [-0.1, -0.05) is 27.7 Å². The van der Waals surface area contributed by atoms with Gasteiger partial charge in [0.2, 0.25) is 11.8 Å². The minimum absolute atomic E-state index is 0.0120. The zero-order chi connectivity index (χ0) is 17.0. The molecule has 1 aromatic heterocycles.